The first kappa shape index (κ1) is 7.88. The molecule has 1 rings (SSSR count). The standard InChI is InChI=1S/C6H11NO2S/c1-10-3-4-2-6(4,7)5(8)9/h4H,2-3,7H2,1H3,(H,8,9). The van der Waals surface area contributed by atoms with E-state index in [0.717, 1.165) is 5.75 Å². The van der Waals surface area contributed by atoms with Crippen LogP contribution in [0.25, 0.3) is 0 Å². The molecule has 1 aliphatic rings. The van der Waals surface area contributed by atoms with Crippen LogP contribution in [0, 0.1) is 5.92 Å². The predicted octanol–water partition coefficient (Wildman–Crippen LogP) is 0.151. The first-order valence-corrected chi connectivity index (χ1v) is 4.52. The van der Waals surface area contributed by atoms with Gasteiger partial charge in [0.25, 0.3) is 0 Å². The average Bonchev–Trinajstić information content (AvgIpc) is 2.45. The highest BCUT2D eigenvalue weighted by Crippen LogP contribution is 2.42. The third kappa shape index (κ3) is 1.13. The van der Waals surface area contributed by atoms with Crippen molar-refractivity contribution in [3.05, 3.63) is 0 Å². The van der Waals surface area contributed by atoms with Gasteiger partial charge in [0, 0.05) is 0 Å². The summed E-state index contributed by atoms with van der Waals surface area (Å²) in [6, 6.07) is 0. The Kier molecular flexibility index (Phi) is 1.92. The van der Waals surface area contributed by atoms with E-state index < -0.39 is 11.5 Å². The first-order chi connectivity index (χ1) is 4.61. The Bertz CT molecular complexity index is 162. The molecule has 1 saturated carbocycles. The number of thioether (sulfide) groups is 1. The zero-order valence-corrected chi connectivity index (χ0v) is 6.65. The molecular formula is C6H11NO2S. The molecule has 0 heterocycles. The Labute approximate surface area is 64.0 Å². The Morgan fingerprint density at radius 1 is 2.00 bits per heavy atom. The quantitative estimate of drug-likeness (QED) is 0.618. The molecule has 0 aromatic rings. The third-order valence-electron chi connectivity index (χ3n) is 1.92. The van der Waals surface area contributed by atoms with Crippen LogP contribution in [0.3, 0.4) is 0 Å². The highest BCUT2D eigenvalue weighted by Gasteiger charge is 2.56. The molecule has 2 unspecified atom stereocenters. The van der Waals surface area contributed by atoms with Crippen molar-refractivity contribution in [2.24, 2.45) is 11.7 Å². The van der Waals surface area contributed by atoms with Crippen LogP contribution >= 0.6 is 11.8 Å². The Morgan fingerprint density at radius 3 is 2.90 bits per heavy atom. The summed E-state index contributed by atoms with van der Waals surface area (Å²) >= 11 is 1.65. The van der Waals surface area contributed by atoms with Crippen molar-refractivity contribution in [3.63, 3.8) is 0 Å². The predicted molar refractivity (Wildman–Crippen MR) is 41.0 cm³/mol. The van der Waals surface area contributed by atoms with E-state index >= 15 is 0 Å². The molecule has 0 aromatic carbocycles. The smallest absolute Gasteiger partial charge is 0.324 e. The molecule has 0 saturated heterocycles. The van der Waals surface area contributed by atoms with E-state index in [2.05, 4.69) is 0 Å². The largest absolute Gasteiger partial charge is 0.480 e. The Balaban J connectivity index is 2.40. The van der Waals surface area contributed by atoms with Gasteiger partial charge in [-0.2, -0.15) is 11.8 Å². The summed E-state index contributed by atoms with van der Waals surface area (Å²) in [5.74, 6) is 0.203. The molecule has 1 aliphatic carbocycles. The summed E-state index contributed by atoms with van der Waals surface area (Å²) in [6.45, 7) is 0. The Hall–Kier alpha value is -0.220. The maximum absolute atomic E-state index is 10.4. The van der Waals surface area contributed by atoms with Crippen molar-refractivity contribution in [1.82, 2.24) is 0 Å². The minimum absolute atomic E-state index is 0.194. The molecule has 1 fully saturated rings. The average molecular weight is 161 g/mol. The summed E-state index contributed by atoms with van der Waals surface area (Å²) < 4.78 is 0. The number of nitrogens with two attached hydrogens (primary N) is 1. The molecule has 0 aromatic heterocycles. The second-order valence-electron chi connectivity index (χ2n) is 2.70. The zero-order valence-electron chi connectivity index (χ0n) is 5.83. The number of aliphatic carboxylic acids is 1. The zero-order chi connectivity index (χ0) is 7.78. The minimum atomic E-state index is -0.886. The summed E-state index contributed by atoms with van der Waals surface area (Å²) in [6.07, 6.45) is 2.60. The lowest BCUT2D eigenvalue weighted by Gasteiger charge is -2.02. The molecule has 0 bridgehead atoms. The van der Waals surface area contributed by atoms with Gasteiger partial charge in [-0.3, -0.25) is 4.79 Å². The molecule has 0 amide bonds. The van der Waals surface area contributed by atoms with Crippen LogP contribution < -0.4 is 5.73 Å². The highest BCUT2D eigenvalue weighted by molar-refractivity contribution is 7.98. The number of rotatable bonds is 3. The van der Waals surface area contributed by atoms with Gasteiger partial charge >= 0.3 is 5.97 Å². The van der Waals surface area contributed by atoms with Gasteiger partial charge in [0.15, 0.2) is 0 Å². The summed E-state index contributed by atoms with van der Waals surface area (Å²) in [5.41, 5.74) is 4.62. The molecule has 0 spiro atoms. The maximum atomic E-state index is 10.4. The normalized spacial score (nSPS) is 37.6. The van der Waals surface area contributed by atoms with Crippen LogP contribution in [0.1, 0.15) is 6.42 Å². The molecule has 0 radical (unpaired) electrons. The fraction of sp³-hybridized carbons (Fsp3) is 0.833. The van der Waals surface area contributed by atoms with Crippen molar-refractivity contribution in [2.75, 3.05) is 12.0 Å². The van der Waals surface area contributed by atoms with Gasteiger partial charge in [0.05, 0.1) is 0 Å². The van der Waals surface area contributed by atoms with E-state index in [9.17, 15) is 4.79 Å². The first-order valence-electron chi connectivity index (χ1n) is 3.12. The van der Waals surface area contributed by atoms with Gasteiger partial charge in [-0.25, -0.2) is 0 Å². The minimum Gasteiger partial charge on any atom is -0.480 e. The third-order valence-corrected chi connectivity index (χ3v) is 2.65. The van der Waals surface area contributed by atoms with Crippen LogP contribution in [-0.4, -0.2) is 28.6 Å². The van der Waals surface area contributed by atoms with E-state index in [0.29, 0.717) is 6.42 Å². The van der Waals surface area contributed by atoms with Crippen molar-refractivity contribution in [2.45, 2.75) is 12.0 Å². The lowest BCUT2D eigenvalue weighted by molar-refractivity contribution is -0.139. The number of hydrogen-bond acceptors (Lipinski definition) is 3. The second kappa shape index (κ2) is 2.43. The number of carboxylic acids is 1. The van der Waals surface area contributed by atoms with Gasteiger partial charge in [-0.1, -0.05) is 0 Å². The summed E-state index contributed by atoms with van der Waals surface area (Å²) in [4.78, 5) is 10.4. The van der Waals surface area contributed by atoms with Crippen molar-refractivity contribution >= 4 is 17.7 Å². The molecular weight excluding hydrogens is 150 g/mol. The summed E-state index contributed by atoms with van der Waals surface area (Å²) in [7, 11) is 0. The van der Waals surface area contributed by atoms with Crippen molar-refractivity contribution in [3.8, 4) is 0 Å². The fourth-order valence-electron chi connectivity index (χ4n) is 1.02. The van der Waals surface area contributed by atoms with Crippen molar-refractivity contribution in [1.29, 1.82) is 0 Å². The molecule has 10 heavy (non-hydrogen) atoms. The molecule has 3 nitrogen and oxygen atoms in total. The fourth-order valence-corrected chi connectivity index (χ4v) is 1.84. The van der Waals surface area contributed by atoms with Crippen LogP contribution in [-0.2, 0) is 4.79 Å². The second-order valence-corrected chi connectivity index (χ2v) is 3.61. The van der Waals surface area contributed by atoms with Crippen LogP contribution in [0.2, 0.25) is 0 Å². The SMILES string of the molecule is CSCC1CC1(N)C(=O)O. The van der Waals surface area contributed by atoms with Crippen LogP contribution in [0.5, 0.6) is 0 Å². The maximum Gasteiger partial charge on any atom is 0.324 e. The van der Waals surface area contributed by atoms with E-state index in [1.54, 1.807) is 11.8 Å². The monoisotopic (exact) mass is 161 g/mol. The number of carbonyl (C=O) groups is 1. The molecule has 0 aliphatic heterocycles. The lowest BCUT2D eigenvalue weighted by Crippen LogP contribution is -2.35. The van der Waals surface area contributed by atoms with Gasteiger partial charge < -0.3 is 10.8 Å². The highest BCUT2D eigenvalue weighted by atomic mass is 32.2. The molecule has 58 valence electrons. The molecule has 3 N–H and O–H groups in total. The molecule has 4 heteroatoms. The lowest BCUT2D eigenvalue weighted by atomic mass is 10.2. The van der Waals surface area contributed by atoms with Crippen LogP contribution in [0.15, 0.2) is 0 Å². The van der Waals surface area contributed by atoms with E-state index in [1.165, 1.54) is 0 Å². The molecule has 2 atom stereocenters. The number of hydrogen-bond donors (Lipinski definition) is 2. The Morgan fingerprint density at radius 2 is 2.60 bits per heavy atom. The number of carboxylic acid groups (broad SMARTS) is 1. The van der Waals surface area contributed by atoms with Gasteiger partial charge in [0.2, 0.25) is 0 Å². The van der Waals surface area contributed by atoms with Gasteiger partial charge in [-0.05, 0) is 24.3 Å². The van der Waals surface area contributed by atoms with E-state index in [1.807, 2.05) is 6.26 Å². The van der Waals surface area contributed by atoms with E-state index in [4.69, 9.17) is 10.8 Å². The van der Waals surface area contributed by atoms with Gasteiger partial charge in [0.1, 0.15) is 5.54 Å². The summed E-state index contributed by atoms with van der Waals surface area (Å²) in [5, 5.41) is 8.58. The van der Waals surface area contributed by atoms with Gasteiger partial charge in [-0.15, -0.1) is 0 Å². The van der Waals surface area contributed by atoms with Crippen LogP contribution in [0.4, 0.5) is 0 Å². The topological polar surface area (TPSA) is 63.3 Å². The van der Waals surface area contributed by atoms with Crippen molar-refractivity contribution < 1.29 is 9.90 Å². The van der Waals surface area contributed by atoms with E-state index in [-0.39, 0.29) is 5.92 Å².